The average molecular weight is 423 g/mol. The third-order valence-corrected chi connectivity index (χ3v) is 6.95. The van der Waals surface area contributed by atoms with Crippen molar-refractivity contribution in [3.63, 3.8) is 0 Å². The fraction of sp³-hybridized carbons (Fsp3) is 0.524. The third kappa shape index (κ3) is 6.14. The minimum absolute atomic E-state index is 0.211. The second-order valence-corrected chi connectivity index (χ2v) is 9.43. The Morgan fingerprint density at radius 1 is 1.10 bits per heavy atom. The molecule has 160 valence electrons. The molecular weight excluding hydrogens is 392 g/mol. The Morgan fingerprint density at radius 2 is 1.69 bits per heavy atom. The first-order valence-corrected chi connectivity index (χ1v) is 11.3. The van der Waals surface area contributed by atoms with E-state index < -0.39 is 16.0 Å². The number of carbonyl (C=O) groups is 2. The lowest BCUT2D eigenvalue weighted by Gasteiger charge is -2.33. The van der Waals surface area contributed by atoms with E-state index in [2.05, 4.69) is 13.8 Å². The van der Waals surface area contributed by atoms with Crippen LogP contribution in [0.15, 0.2) is 40.8 Å². The number of hydrogen-bond donors (Lipinski definition) is 0. The second-order valence-electron chi connectivity index (χ2n) is 7.49. The molecule has 0 unspecified atom stereocenters. The molecule has 0 aromatic heterocycles. The predicted molar refractivity (Wildman–Crippen MR) is 111 cm³/mol. The Bertz CT molecular complexity index is 850. The molecule has 7 nitrogen and oxygen atoms in total. The molecule has 1 heterocycles. The molecule has 0 saturated carbocycles. The summed E-state index contributed by atoms with van der Waals surface area (Å²) in [5.41, 5.74) is 1.91. The first-order valence-electron chi connectivity index (χ1n) is 9.84. The Balaban J connectivity index is 1.93. The van der Waals surface area contributed by atoms with Crippen LogP contribution in [0.25, 0.3) is 0 Å². The highest BCUT2D eigenvalue weighted by atomic mass is 32.2. The number of rotatable bonds is 7. The number of esters is 1. The van der Waals surface area contributed by atoms with E-state index in [0.717, 1.165) is 17.6 Å². The van der Waals surface area contributed by atoms with Crippen molar-refractivity contribution in [1.82, 2.24) is 9.21 Å². The molecule has 2 rings (SSSR count). The molecule has 0 radical (unpaired) electrons. The van der Waals surface area contributed by atoms with Crippen LogP contribution in [0.3, 0.4) is 0 Å². The molecule has 0 N–H and O–H groups in total. The quantitative estimate of drug-likeness (QED) is 0.498. The van der Waals surface area contributed by atoms with Crippen molar-refractivity contribution in [3.05, 3.63) is 41.5 Å². The summed E-state index contributed by atoms with van der Waals surface area (Å²) in [6.07, 6.45) is 2.32. The Hall–Kier alpha value is -2.19. The van der Waals surface area contributed by atoms with Crippen LogP contribution in [-0.4, -0.2) is 62.3 Å². The molecule has 1 aromatic rings. The van der Waals surface area contributed by atoms with Crippen molar-refractivity contribution in [2.24, 2.45) is 0 Å². The zero-order valence-corrected chi connectivity index (χ0v) is 18.4. The van der Waals surface area contributed by atoms with Crippen LogP contribution in [0.4, 0.5) is 0 Å². The van der Waals surface area contributed by atoms with Crippen LogP contribution in [0, 0.1) is 0 Å². The van der Waals surface area contributed by atoms with Gasteiger partial charge in [0.05, 0.1) is 4.90 Å². The second kappa shape index (κ2) is 10.0. The third-order valence-electron chi connectivity index (χ3n) is 5.04. The summed E-state index contributed by atoms with van der Waals surface area (Å²) in [5.74, 6) is -0.497. The Kier molecular flexibility index (Phi) is 7.98. The summed E-state index contributed by atoms with van der Waals surface area (Å²) in [6.45, 7) is 8.35. The number of amides is 1. The van der Waals surface area contributed by atoms with Gasteiger partial charge in [0, 0.05) is 32.3 Å². The van der Waals surface area contributed by atoms with Crippen molar-refractivity contribution < 1.29 is 22.7 Å². The lowest BCUT2D eigenvalue weighted by atomic mass is 9.99. The van der Waals surface area contributed by atoms with Gasteiger partial charge in [0.1, 0.15) is 0 Å². The molecule has 1 aromatic carbocycles. The van der Waals surface area contributed by atoms with Crippen LogP contribution >= 0.6 is 0 Å². The molecule has 0 spiro atoms. The summed E-state index contributed by atoms with van der Waals surface area (Å²) in [6, 6.07) is 7.03. The van der Waals surface area contributed by atoms with Gasteiger partial charge in [0.25, 0.3) is 5.91 Å². The van der Waals surface area contributed by atoms with Crippen molar-refractivity contribution >= 4 is 21.9 Å². The molecule has 1 amide bonds. The largest absolute Gasteiger partial charge is 0.452 e. The summed E-state index contributed by atoms with van der Waals surface area (Å²) in [7, 11) is -3.60. The van der Waals surface area contributed by atoms with E-state index in [9.17, 15) is 18.0 Å². The maximum Gasteiger partial charge on any atom is 0.331 e. The van der Waals surface area contributed by atoms with Gasteiger partial charge in [-0.15, -0.1) is 0 Å². The minimum atomic E-state index is -3.60. The van der Waals surface area contributed by atoms with Gasteiger partial charge in [-0.25, -0.2) is 13.2 Å². The molecule has 1 saturated heterocycles. The van der Waals surface area contributed by atoms with Gasteiger partial charge in [-0.05, 0) is 43.9 Å². The average Bonchev–Trinajstić information content (AvgIpc) is 2.71. The molecular formula is C21H30N2O5S. The number of hydrogen-bond acceptors (Lipinski definition) is 5. The number of benzene rings is 1. The van der Waals surface area contributed by atoms with Crippen molar-refractivity contribution in [1.29, 1.82) is 0 Å². The first-order chi connectivity index (χ1) is 13.6. The van der Waals surface area contributed by atoms with Gasteiger partial charge in [0.2, 0.25) is 10.0 Å². The number of nitrogens with zero attached hydrogens (tertiary/aromatic N) is 2. The molecule has 0 bridgehead atoms. The topological polar surface area (TPSA) is 84.0 Å². The lowest BCUT2D eigenvalue weighted by Crippen LogP contribution is -2.51. The fourth-order valence-corrected chi connectivity index (χ4v) is 4.45. The van der Waals surface area contributed by atoms with Crippen LogP contribution in [0.2, 0.25) is 0 Å². The van der Waals surface area contributed by atoms with E-state index >= 15 is 0 Å². The van der Waals surface area contributed by atoms with Crippen molar-refractivity contribution in [2.45, 2.75) is 44.9 Å². The maximum atomic E-state index is 12.9. The molecule has 1 atom stereocenters. The number of carbonyl (C=O) groups excluding carboxylic acids is 2. The molecule has 1 fully saturated rings. The summed E-state index contributed by atoms with van der Waals surface area (Å²) in [5, 5.41) is 0. The predicted octanol–water partition coefficient (Wildman–Crippen LogP) is 2.54. The van der Waals surface area contributed by atoms with Crippen LogP contribution in [0.5, 0.6) is 0 Å². The highest BCUT2D eigenvalue weighted by Crippen LogP contribution is 2.23. The Morgan fingerprint density at radius 3 is 2.21 bits per heavy atom. The molecule has 8 heteroatoms. The Labute approximate surface area is 173 Å². The van der Waals surface area contributed by atoms with Gasteiger partial charge in [-0.1, -0.05) is 31.6 Å². The molecule has 29 heavy (non-hydrogen) atoms. The lowest BCUT2D eigenvalue weighted by molar-refractivity contribution is -0.148. The van der Waals surface area contributed by atoms with Gasteiger partial charge < -0.3 is 9.64 Å². The summed E-state index contributed by atoms with van der Waals surface area (Å²) < 4.78 is 32.1. The van der Waals surface area contributed by atoms with Crippen LogP contribution < -0.4 is 0 Å². The van der Waals surface area contributed by atoms with E-state index in [4.69, 9.17) is 4.74 Å². The zero-order valence-electron chi connectivity index (χ0n) is 17.6. The summed E-state index contributed by atoms with van der Waals surface area (Å²) >= 11 is 0. The van der Waals surface area contributed by atoms with E-state index in [1.54, 1.807) is 26.0 Å². The van der Waals surface area contributed by atoms with E-state index in [0.29, 0.717) is 5.92 Å². The summed E-state index contributed by atoms with van der Waals surface area (Å²) in [4.78, 5) is 25.5. The fourth-order valence-electron chi connectivity index (χ4n) is 3.03. The number of sulfonamides is 1. The molecule has 1 aliphatic heterocycles. The van der Waals surface area contributed by atoms with Gasteiger partial charge in [-0.2, -0.15) is 4.31 Å². The highest BCUT2D eigenvalue weighted by molar-refractivity contribution is 7.89. The normalized spacial score (nSPS) is 16.2. The van der Waals surface area contributed by atoms with E-state index in [-0.39, 0.29) is 43.6 Å². The highest BCUT2D eigenvalue weighted by Gasteiger charge is 2.30. The van der Waals surface area contributed by atoms with Gasteiger partial charge in [-0.3, -0.25) is 4.79 Å². The number of allylic oxidation sites excluding steroid dienone is 1. The SMILES string of the molecule is CC[C@@H](C)c1ccc(S(=O)(=O)N2CCN(C(=O)COC(=O)C=C(C)C)CC2)cc1. The smallest absolute Gasteiger partial charge is 0.331 e. The van der Waals surface area contributed by atoms with Crippen LogP contribution in [0.1, 0.15) is 45.6 Å². The first kappa shape index (κ1) is 23.1. The van der Waals surface area contributed by atoms with Crippen molar-refractivity contribution in [2.75, 3.05) is 32.8 Å². The molecule has 0 aliphatic carbocycles. The van der Waals surface area contributed by atoms with Gasteiger partial charge in [0.15, 0.2) is 6.61 Å². The van der Waals surface area contributed by atoms with Crippen molar-refractivity contribution in [3.8, 4) is 0 Å². The van der Waals surface area contributed by atoms with Gasteiger partial charge >= 0.3 is 5.97 Å². The molecule has 1 aliphatic rings. The zero-order chi connectivity index (χ0) is 21.6. The number of ether oxygens (including phenoxy) is 1. The van der Waals surface area contributed by atoms with E-state index in [1.165, 1.54) is 15.3 Å². The van der Waals surface area contributed by atoms with E-state index in [1.807, 2.05) is 12.1 Å². The standard InChI is InChI=1S/C21H30N2O5S/c1-5-17(4)18-6-8-19(9-7-18)29(26,27)23-12-10-22(11-13-23)20(24)15-28-21(25)14-16(2)3/h6-9,14,17H,5,10-13,15H2,1-4H3/t17-/m1/s1. The monoisotopic (exact) mass is 422 g/mol. The minimum Gasteiger partial charge on any atom is -0.452 e. The maximum absolute atomic E-state index is 12.9. The van der Waals surface area contributed by atoms with Crippen LogP contribution in [-0.2, 0) is 24.3 Å². The number of piperazine rings is 1.